The molecule has 0 radical (unpaired) electrons. The van der Waals surface area contributed by atoms with E-state index in [1.165, 1.54) is 0 Å². The first kappa shape index (κ1) is 21.4. The summed E-state index contributed by atoms with van der Waals surface area (Å²) in [7, 11) is 0. The number of pyridine rings is 1. The molecule has 0 spiro atoms. The topological polar surface area (TPSA) is 99.4 Å². The minimum Gasteiger partial charge on any atom is -0.387 e. The highest BCUT2D eigenvalue weighted by Gasteiger charge is 2.50. The second-order valence-electron chi connectivity index (χ2n) is 7.98. The molecule has 1 aromatic rings. The molecule has 5 atom stereocenters. The Hall–Kier alpha value is -1.29. The summed E-state index contributed by atoms with van der Waals surface area (Å²) in [6.07, 6.45) is -0.807. The van der Waals surface area contributed by atoms with Crippen molar-refractivity contribution in [3.63, 3.8) is 0 Å². The number of hydrogen-bond donors (Lipinski definition) is 2. The SMILES string of the molecule is Cc1c(C)n(CCCCOC2OC(C3COC(C)(C)O3)C(O)C2O)ccc1=O. The van der Waals surface area contributed by atoms with Crippen molar-refractivity contribution in [2.75, 3.05) is 13.2 Å². The van der Waals surface area contributed by atoms with Crippen LogP contribution in [-0.4, -0.2) is 64.5 Å². The number of nitrogens with zero attached hydrogens (tertiary/aromatic N) is 1. The molecule has 5 unspecified atom stereocenters. The van der Waals surface area contributed by atoms with Crippen molar-refractivity contribution >= 4 is 0 Å². The van der Waals surface area contributed by atoms with Gasteiger partial charge in [-0.05, 0) is 40.5 Å². The van der Waals surface area contributed by atoms with Crippen molar-refractivity contribution in [3.8, 4) is 0 Å². The normalized spacial score (nSPS) is 32.1. The molecule has 3 rings (SSSR count). The van der Waals surface area contributed by atoms with Crippen molar-refractivity contribution in [3.05, 3.63) is 33.7 Å². The van der Waals surface area contributed by atoms with E-state index in [1.807, 2.05) is 20.0 Å². The summed E-state index contributed by atoms with van der Waals surface area (Å²) < 4.78 is 24.6. The first-order valence-electron chi connectivity index (χ1n) is 9.81. The average molecular weight is 397 g/mol. The molecule has 2 aliphatic rings. The lowest BCUT2D eigenvalue weighted by Gasteiger charge is -2.22. The maximum Gasteiger partial charge on any atom is 0.186 e. The number of aliphatic hydroxyl groups is 2. The van der Waals surface area contributed by atoms with Gasteiger partial charge >= 0.3 is 0 Å². The lowest BCUT2D eigenvalue weighted by molar-refractivity contribution is -0.193. The van der Waals surface area contributed by atoms with Gasteiger partial charge in [0, 0.05) is 36.7 Å². The predicted octanol–water partition coefficient (Wildman–Crippen LogP) is 0.860. The van der Waals surface area contributed by atoms with Gasteiger partial charge in [0.25, 0.3) is 0 Å². The van der Waals surface area contributed by atoms with Crippen LogP contribution in [0, 0.1) is 13.8 Å². The van der Waals surface area contributed by atoms with Crippen molar-refractivity contribution in [2.45, 2.75) is 83.6 Å². The Morgan fingerprint density at radius 1 is 1.25 bits per heavy atom. The molecule has 0 aliphatic carbocycles. The first-order valence-corrected chi connectivity index (χ1v) is 9.81. The second-order valence-corrected chi connectivity index (χ2v) is 7.98. The molecule has 2 aliphatic heterocycles. The number of aryl methyl sites for hydroxylation is 1. The van der Waals surface area contributed by atoms with Crippen LogP contribution >= 0.6 is 0 Å². The first-order chi connectivity index (χ1) is 13.2. The van der Waals surface area contributed by atoms with E-state index in [-0.39, 0.29) is 5.43 Å². The molecular weight excluding hydrogens is 366 g/mol. The number of ether oxygens (including phenoxy) is 4. The summed E-state index contributed by atoms with van der Waals surface area (Å²) in [6.45, 7) is 8.83. The molecule has 28 heavy (non-hydrogen) atoms. The molecular formula is C20H31NO7. The Labute approximate surface area is 165 Å². The average Bonchev–Trinajstić information content (AvgIpc) is 3.14. The van der Waals surface area contributed by atoms with Crippen LogP contribution < -0.4 is 5.43 Å². The monoisotopic (exact) mass is 397 g/mol. The van der Waals surface area contributed by atoms with Gasteiger partial charge in [-0.3, -0.25) is 4.79 Å². The maximum atomic E-state index is 11.6. The molecule has 3 heterocycles. The Kier molecular flexibility index (Phi) is 6.58. The van der Waals surface area contributed by atoms with Crippen molar-refractivity contribution < 1.29 is 29.2 Å². The third-order valence-corrected chi connectivity index (χ3v) is 5.48. The van der Waals surface area contributed by atoms with E-state index in [9.17, 15) is 15.0 Å². The number of aromatic nitrogens is 1. The fraction of sp³-hybridized carbons (Fsp3) is 0.750. The van der Waals surface area contributed by atoms with Crippen molar-refractivity contribution in [2.24, 2.45) is 0 Å². The summed E-state index contributed by atoms with van der Waals surface area (Å²) in [5, 5.41) is 20.5. The standard InChI is InChI=1S/C20H31NO7/c1-12-13(2)21(9-7-14(12)22)8-5-6-10-25-19-17(24)16(23)18(27-19)15-11-26-20(3,4)28-15/h7,9,15-19,23-24H,5-6,8,10-11H2,1-4H3. The molecule has 8 nitrogen and oxygen atoms in total. The quantitative estimate of drug-likeness (QED) is 0.659. The second kappa shape index (κ2) is 8.61. The van der Waals surface area contributed by atoms with Gasteiger partial charge in [0.2, 0.25) is 0 Å². The molecule has 8 heteroatoms. The van der Waals surface area contributed by atoms with E-state index in [0.717, 1.165) is 30.6 Å². The van der Waals surface area contributed by atoms with Gasteiger partial charge in [0.15, 0.2) is 17.5 Å². The van der Waals surface area contributed by atoms with Gasteiger partial charge in [-0.2, -0.15) is 0 Å². The summed E-state index contributed by atoms with van der Waals surface area (Å²) in [5.74, 6) is -0.726. The highest BCUT2D eigenvalue weighted by atomic mass is 16.8. The van der Waals surface area contributed by atoms with Crippen molar-refractivity contribution in [1.29, 1.82) is 0 Å². The molecule has 0 saturated carbocycles. The summed E-state index contributed by atoms with van der Waals surface area (Å²) >= 11 is 0. The van der Waals surface area contributed by atoms with E-state index in [4.69, 9.17) is 18.9 Å². The van der Waals surface area contributed by atoms with Gasteiger partial charge in [0.1, 0.15) is 24.4 Å². The van der Waals surface area contributed by atoms with Crippen LogP contribution in [0.3, 0.4) is 0 Å². The van der Waals surface area contributed by atoms with Gasteiger partial charge in [-0.25, -0.2) is 0 Å². The van der Waals surface area contributed by atoms with Gasteiger partial charge in [-0.1, -0.05) is 0 Å². The number of unbranched alkanes of at least 4 members (excludes halogenated alkanes) is 1. The van der Waals surface area contributed by atoms with Crippen LogP contribution in [0.4, 0.5) is 0 Å². The fourth-order valence-electron chi connectivity index (χ4n) is 3.61. The van der Waals surface area contributed by atoms with Crippen LogP contribution in [0.1, 0.15) is 37.9 Å². The molecule has 2 fully saturated rings. The number of aliphatic hydroxyl groups excluding tert-OH is 2. The third kappa shape index (κ3) is 4.64. The molecule has 0 bridgehead atoms. The van der Waals surface area contributed by atoms with Gasteiger partial charge < -0.3 is 33.7 Å². The van der Waals surface area contributed by atoms with Crippen LogP contribution in [0.2, 0.25) is 0 Å². The highest BCUT2D eigenvalue weighted by Crippen LogP contribution is 2.32. The zero-order valence-corrected chi connectivity index (χ0v) is 17.0. The maximum absolute atomic E-state index is 11.6. The van der Waals surface area contributed by atoms with Gasteiger partial charge in [0.05, 0.1) is 6.61 Å². The molecule has 0 amide bonds. The summed E-state index contributed by atoms with van der Waals surface area (Å²) in [6, 6.07) is 1.58. The minimum atomic E-state index is -1.12. The third-order valence-electron chi connectivity index (χ3n) is 5.48. The van der Waals surface area contributed by atoms with Crippen LogP contribution in [-0.2, 0) is 25.5 Å². The summed E-state index contributed by atoms with van der Waals surface area (Å²) in [4.78, 5) is 11.6. The molecule has 2 saturated heterocycles. The number of hydrogen-bond acceptors (Lipinski definition) is 7. The Bertz CT molecular complexity index is 732. The van der Waals surface area contributed by atoms with E-state index in [2.05, 4.69) is 4.57 Å². The zero-order valence-electron chi connectivity index (χ0n) is 17.0. The predicted molar refractivity (Wildman–Crippen MR) is 101 cm³/mol. The van der Waals surface area contributed by atoms with Crippen LogP contribution in [0.5, 0.6) is 0 Å². The molecule has 2 N–H and O–H groups in total. The molecule has 158 valence electrons. The molecule has 1 aromatic heterocycles. The zero-order chi connectivity index (χ0) is 20.5. The van der Waals surface area contributed by atoms with Crippen LogP contribution in [0.25, 0.3) is 0 Å². The highest BCUT2D eigenvalue weighted by molar-refractivity contribution is 5.18. The number of rotatable bonds is 7. The minimum absolute atomic E-state index is 0.0533. The van der Waals surface area contributed by atoms with Gasteiger partial charge in [-0.15, -0.1) is 0 Å². The largest absolute Gasteiger partial charge is 0.387 e. The van der Waals surface area contributed by atoms with E-state index in [1.54, 1.807) is 19.9 Å². The smallest absolute Gasteiger partial charge is 0.186 e. The Balaban J connectivity index is 1.43. The van der Waals surface area contributed by atoms with E-state index < -0.39 is 36.5 Å². The Morgan fingerprint density at radius 3 is 2.68 bits per heavy atom. The fourth-order valence-corrected chi connectivity index (χ4v) is 3.61. The lowest BCUT2D eigenvalue weighted by atomic mass is 10.1. The van der Waals surface area contributed by atoms with Crippen molar-refractivity contribution in [1.82, 2.24) is 4.57 Å². The molecule has 0 aromatic carbocycles. The van der Waals surface area contributed by atoms with E-state index in [0.29, 0.717) is 13.2 Å². The lowest BCUT2D eigenvalue weighted by Crippen LogP contribution is -2.40. The van der Waals surface area contributed by atoms with Crippen LogP contribution in [0.15, 0.2) is 17.1 Å². The van der Waals surface area contributed by atoms with E-state index >= 15 is 0 Å². The Morgan fingerprint density at radius 2 is 2.00 bits per heavy atom. The summed E-state index contributed by atoms with van der Waals surface area (Å²) in [5.41, 5.74) is 1.79.